The molecule has 1 aromatic heterocycles. The van der Waals surface area contributed by atoms with E-state index < -0.39 is 0 Å². The molecule has 2 aromatic carbocycles. The molecule has 23 heavy (non-hydrogen) atoms. The third-order valence-corrected chi connectivity index (χ3v) is 3.94. The molecule has 116 valence electrons. The molecule has 0 bridgehead atoms. The van der Waals surface area contributed by atoms with E-state index in [-0.39, 0.29) is 5.41 Å². The van der Waals surface area contributed by atoms with Crippen LogP contribution in [0.1, 0.15) is 26.3 Å². The molecule has 0 aliphatic heterocycles. The van der Waals surface area contributed by atoms with Crippen LogP contribution in [0.25, 0.3) is 22.2 Å². The molecule has 0 spiro atoms. The molecule has 0 radical (unpaired) electrons. The van der Waals surface area contributed by atoms with Crippen molar-refractivity contribution in [2.75, 3.05) is 0 Å². The second kappa shape index (κ2) is 5.68. The van der Waals surface area contributed by atoms with Crippen LogP contribution in [0.3, 0.4) is 0 Å². The second-order valence-electron chi connectivity index (χ2n) is 6.80. The number of fused-ring (bicyclic) bond motifs is 1. The Bertz CT molecular complexity index is 913. The van der Waals surface area contributed by atoms with Crippen molar-refractivity contribution in [2.45, 2.75) is 27.3 Å². The number of nitriles is 1. The molecule has 3 aromatic rings. The fourth-order valence-electron chi connectivity index (χ4n) is 2.55. The van der Waals surface area contributed by atoms with Gasteiger partial charge in [-0.15, -0.1) is 5.10 Å². The fraction of sp³-hybridized carbons (Fsp3) is 0.278. The molecule has 5 heteroatoms. The Hall–Kier alpha value is -2.38. The molecule has 1 heterocycles. The first-order chi connectivity index (χ1) is 10.9. The van der Waals surface area contributed by atoms with Gasteiger partial charge in [-0.3, -0.25) is 0 Å². The highest BCUT2D eigenvalue weighted by atomic mass is 35.5. The molecule has 0 saturated heterocycles. The number of hydrogen-bond donors (Lipinski definition) is 0. The van der Waals surface area contributed by atoms with E-state index in [4.69, 9.17) is 16.9 Å². The van der Waals surface area contributed by atoms with Crippen LogP contribution >= 0.6 is 11.6 Å². The summed E-state index contributed by atoms with van der Waals surface area (Å²) >= 11 is 6.56. The maximum absolute atomic E-state index is 9.05. The van der Waals surface area contributed by atoms with E-state index in [1.54, 1.807) is 6.07 Å². The van der Waals surface area contributed by atoms with Gasteiger partial charge >= 0.3 is 0 Å². The topological polar surface area (TPSA) is 54.5 Å². The summed E-state index contributed by atoms with van der Waals surface area (Å²) in [7, 11) is 0. The van der Waals surface area contributed by atoms with Gasteiger partial charge in [-0.2, -0.15) is 5.26 Å². The van der Waals surface area contributed by atoms with Crippen LogP contribution in [0.5, 0.6) is 0 Å². The smallest absolute Gasteiger partial charge is 0.132 e. The normalized spacial score (nSPS) is 11.6. The van der Waals surface area contributed by atoms with Crippen LogP contribution in [0.4, 0.5) is 0 Å². The lowest BCUT2D eigenvalue weighted by Crippen LogP contribution is -2.16. The van der Waals surface area contributed by atoms with E-state index in [2.05, 4.69) is 37.2 Å². The standard InChI is InChI=1S/C18H17ClN4/c1-18(2,3)11-23-15-8-7-14(16(19)17(15)21-22-23)13-6-4-5-12(9-13)10-20/h4-9H,11H2,1-3H3. The second-order valence-corrected chi connectivity index (χ2v) is 7.17. The molecule has 4 nitrogen and oxygen atoms in total. The van der Waals surface area contributed by atoms with Crippen molar-refractivity contribution < 1.29 is 0 Å². The average molecular weight is 325 g/mol. The minimum Gasteiger partial charge on any atom is -0.244 e. The van der Waals surface area contributed by atoms with E-state index in [0.29, 0.717) is 16.1 Å². The summed E-state index contributed by atoms with van der Waals surface area (Å²) in [5.41, 5.74) is 4.09. The number of rotatable bonds is 2. The summed E-state index contributed by atoms with van der Waals surface area (Å²) in [5.74, 6) is 0. The Labute approximate surface area is 140 Å². The fourth-order valence-corrected chi connectivity index (χ4v) is 2.86. The lowest BCUT2D eigenvalue weighted by Gasteiger charge is -2.18. The van der Waals surface area contributed by atoms with E-state index in [9.17, 15) is 0 Å². The number of halogens is 1. The molecule has 0 unspecified atom stereocenters. The predicted octanol–water partition coefficient (Wildman–Crippen LogP) is 4.67. The maximum Gasteiger partial charge on any atom is 0.132 e. The van der Waals surface area contributed by atoms with Gasteiger partial charge in [0.1, 0.15) is 5.52 Å². The number of aromatic nitrogens is 3. The Balaban J connectivity index is 2.11. The van der Waals surface area contributed by atoms with Gasteiger partial charge in [-0.05, 0) is 29.2 Å². The van der Waals surface area contributed by atoms with Crippen molar-refractivity contribution in [3.05, 3.63) is 47.0 Å². The minimum absolute atomic E-state index is 0.104. The average Bonchev–Trinajstić information content (AvgIpc) is 2.90. The third kappa shape index (κ3) is 3.06. The molecular weight excluding hydrogens is 308 g/mol. The van der Waals surface area contributed by atoms with Gasteiger partial charge < -0.3 is 0 Å². The van der Waals surface area contributed by atoms with Crippen LogP contribution in [0.2, 0.25) is 5.02 Å². The monoisotopic (exact) mass is 324 g/mol. The molecule has 3 rings (SSSR count). The molecule has 0 aliphatic rings. The first-order valence-corrected chi connectivity index (χ1v) is 7.79. The summed E-state index contributed by atoms with van der Waals surface area (Å²) in [6, 6.07) is 13.5. The Kier molecular flexibility index (Phi) is 3.83. The highest BCUT2D eigenvalue weighted by molar-refractivity contribution is 6.37. The summed E-state index contributed by atoms with van der Waals surface area (Å²) in [6.45, 7) is 7.24. The Morgan fingerprint density at radius 1 is 1.22 bits per heavy atom. The number of hydrogen-bond acceptors (Lipinski definition) is 3. The SMILES string of the molecule is CC(C)(C)Cn1nnc2c(Cl)c(-c3cccc(C#N)c3)ccc21. The molecule has 0 saturated carbocycles. The van der Waals surface area contributed by atoms with Crippen molar-refractivity contribution in [3.63, 3.8) is 0 Å². The zero-order chi connectivity index (χ0) is 16.6. The van der Waals surface area contributed by atoms with Crippen LogP contribution in [-0.2, 0) is 6.54 Å². The summed E-state index contributed by atoms with van der Waals surface area (Å²) in [4.78, 5) is 0. The van der Waals surface area contributed by atoms with Gasteiger partial charge in [0.05, 0.1) is 22.2 Å². The molecular formula is C18H17ClN4. The van der Waals surface area contributed by atoms with Crippen molar-refractivity contribution in [2.24, 2.45) is 5.41 Å². The van der Waals surface area contributed by atoms with Crippen molar-refractivity contribution in [3.8, 4) is 17.2 Å². The first-order valence-electron chi connectivity index (χ1n) is 7.41. The summed E-state index contributed by atoms with van der Waals surface area (Å²) < 4.78 is 1.89. The van der Waals surface area contributed by atoms with E-state index >= 15 is 0 Å². The minimum atomic E-state index is 0.104. The van der Waals surface area contributed by atoms with Gasteiger partial charge in [0.2, 0.25) is 0 Å². The third-order valence-electron chi connectivity index (χ3n) is 3.55. The number of nitrogens with zero attached hydrogens (tertiary/aromatic N) is 4. The Morgan fingerprint density at radius 2 is 2.00 bits per heavy atom. The molecule has 0 aliphatic carbocycles. The highest BCUT2D eigenvalue weighted by Crippen LogP contribution is 2.34. The van der Waals surface area contributed by atoms with Crippen molar-refractivity contribution in [1.82, 2.24) is 15.0 Å². The first kappa shape index (κ1) is 15.5. The summed E-state index contributed by atoms with van der Waals surface area (Å²) in [6.07, 6.45) is 0. The van der Waals surface area contributed by atoms with Gasteiger partial charge in [-0.25, -0.2) is 4.68 Å². The van der Waals surface area contributed by atoms with E-state index in [1.165, 1.54) is 0 Å². The van der Waals surface area contributed by atoms with Gasteiger partial charge in [-0.1, -0.05) is 55.8 Å². The van der Waals surface area contributed by atoms with Gasteiger partial charge in [0.25, 0.3) is 0 Å². The zero-order valence-electron chi connectivity index (χ0n) is 13.3. The predicted molar refractivity (Wildman–Crippen MR) is 92.1 cm³/mol. The van der Waals surface area contributed by atoms with Crippen LogP contribution in [-0.4, -0.2) is 15.0 Å². The van der Waals surface area contributed by atoms with Gasteiger partial charge in [0, 0.05) is 12.1 Å². The van der Waals surface area contributed by atoms with Crippen LogP contribution < -0.4 is 0 Å². The lowest BCUT2D eigenvalue weighted by atomic mass is 9.97. The van der Waals surface area contributed by atoms with E-state index in [0.717, 1.165) is 23.2 Å². The van der Waals surface area contributed by atoms with Crippen LogP contribution in [0, 0.1) is 16.7 Å². The molecule has 0 atom stereocenters. The quantitative estimate of drug-likeness (QED) is 0.688. The van der Waals surface area contributed by atoms with Crippen molar-refractivity contribution in [1.29, 1.82) is 5.26 Å². The highest BCUT2D eigenvalue weighted by Gasteiger charge is 2.17. The zero-order valence-corrected chi connectivity index (χ0v) is 14.1. The molecule has 0 N–H and O–H groups in total. The number of benzene rings is 2. The van der Waals surface area contributed by atoms with Gasteiger partial charge in [0.15, 0.2) is 0 Å². The van der Waals surface area contributed by atoms with Crippen molar-refractivity contribution >= 4 is 22.6 Å². The largest absolute Gasteiger partial charge is 0.244 e. The maximum atomic E-state index is 9.05. The Morgan fingerprint density at radius 3 is 2.70 bits per heavy atom. The molecule has 0 fully saturated rings. The summed E-state index contributed by atoms with van der Waals surface area (Å²) in [5, 5.41) is 18.1. The van der Waals surface area contributed by atoms with Crippen LogP contribution in [0.15, 0.2) is 36.4 Å². The molecule has 0 amide bonds. The van der Waals surface area contributed by atoms with E-state index in [1.807, 2.05) is 35.0 Å². The lowest BCUT2D eigenvalue weighted by molar-refractivity contribution is 0.327.